The molecule has 0 aliphatic carbocycles. The van der Waals surface area contributed by atoms with Gasteiger partial charge < -0.3 is 10.6 Å². The Labute approximate surface area is 163 Å². The summed E-state index contributed by atoms with van der Waals surface area (Å²) in [4.78, 5) is 40.4. The molecule has 7 nitrogen and oxygen atoms in total. The summed E-state index contributed by atoms with van der Waals surface area (Å²) in [6.07, 6.45) is 1.57. The molecule has 1 aromatic heterocycles. The van der Waals surface area contributed by atoms with E-state index in [-0.39, 0.29) is 30.3 Å². The number of carbonyl (C=O) groups is 2. The van der Waals surface area contributed by atoms with Crippen LogP contribution in [-0.4, -0.2) is 28.4 Å². The van der Waals surface area contributed by atoms with Crippen LogP contribution in [0.1, 0.15) is 16.8 Å². The van der Waals surface area contributed by atoms with Crippen molar-refractivity contribution in [3.05, 3.63) is 69.2 Å². The number of hydrogen-bond donors (Lipinski definition) is 2. The van der Waals surface area contributed by atoms with Crippen LogP contribution in [0.2, 0.25) is 0 Å². The highest BCUT2D eigenvalue weighted by molar-refractivity contribution is 9.10. The van der Waals surface area contributed by atoms with Crippen molar-refractivity contribution in [2.75, 3.05) is 12.4 Å². The number of anilines is 1. The number of rotatable bonds is 5. The zero-order chi connectivity index (χ0) is 19.4. The third-order valence-corrected chi connectivity index (χ3v) is 4.52. The molecule has 3 aromatic rings. The van der Waals surface area contributed by atoms with Gasteiger partial charge in [-0.3, -0.25) is 19.0 Å². The van der Waals surface area contributed by atoms with Gasteiger partial charge in [-0.2, -0.15) is 0 Å². The van der Waals surface area contributed by atoms with E-state index in [2.05, 4.69) is 31.5 Å². The Bertz CT molecular complexity index is 1060. The molecule has 2 aromatic carbocycles. The summed E-state index contributed by atoms with van der Waals surface area (Å²) >= 11 is 3.34. The Morgan fingerprint density at radius 3 is 2.59 bits per heavy atom. The molecule has 0 radical (unpaired) electrons. The van der Waals surface area contributed by atoms with E-state index in [1.807, 2.05) is 6.07 Å². The summed E-state index contributed by atoms with van der Waals surface area (Å²) in [7, 11) is 1.56. The molecule has 0 saturated carbocycles. The van der Waals surface area contributed by atoms with Gasteiger partial charge in [-0.25, -0.2) is 4.98 Å². The summed E-state index contributed by atoms with van der Waals surface area (Å²) in [5.74, 6) is -0.424. The summed E-state index contributed by atoms with van der Waals surface area (Å²) in [6.45, 7) is 0.219. The van der Waals surface area contributed by atoms with Gasteiger partial charge in [0.2, 0.25) is 5.91 Å². The van der Waals surface area contributed by atoms with Gasteiger partial charge >= 0.3 is 0 Å². The third kappa shape index (κ3) is 4.40. The van der Waals surface area contributed by atoms with Crippen molar-refractivity contribution in [3.63, 3.8) is 0 Å². The van der Waals surface area contributed by atoms with E-state index in [1.54, 1.807) is 43.4 Å². The number of nitrogens with zero attached hydrogens (tertiary/aromatic N) is 2. The third-order valence-electron chi connectivity index (χ3n) is 4.02. The normalized spacial score (nSPS) is 10.6. The molecule has 138 valence electrons. The molecule has 0 atom stereocenters. The monoisotopic (exact) mass is 428 g/mol. The predicted octanol–water partition coefficient (Wildman–Crippen LogP) is 2.55. The molecule has 0 aliphatic heterocycles. The number of halogens is 1. The highest BCUT2D eigenvalue weighted by atomic mass is 79.9. The molecule has 0 aliphatic rings. The topological polar surface area (TPSA) is 93.1 Å². The van der Waals surface area contributed by atoms with Gasteiger partial charge in [0, 0.05) is 35.7 Å². The van der Waals surface area contributed by atoms with E-state index in [0.717, 1.165) is 4.47 Å². The second-order valence-corrected chi connectivity index (χ2v) is 6.77. The number of hydrogen-bond acceptors (Lipinski definition) is 4. The maximum absolute atomic E-state index is 12.5. The smallest absolute Gasteiger partial charge is 0.261 e. The summed E-state index contributed by atoms with van der Waals surface area (Å²) < 4.78 is 2.22. The van der Waals surface area contributed by atoms with Crippen molar-refractivity contribution in [1.82, 2.24) is 14.9 Å². The SMILES string of the molecule is CNC(=O)c1ccc(NC(=O)CCn2cnc3ccc(Br)cc3c2=O)cc1. The molecule has 0 spiro atoms. The zero-order valence-corrected chi connectivity index (χ0v) is 16.1. The second kappa shape index (κ2) is 8.13. The molecule has 27 heavy (non-hydrogen) atoms. The van der Waals surface area contributed by atoms with E-state index < -0.39 is 0 Å². The van der Waals surface area contributed by atoms with Gasteiger partial charge in [-0.15, -0.1) is 0 Å². The largest absolute Gasteiger partial charge is 0.355 e. The molecular formula is C19H17BrN4O3. The van der Waals surface area contributed by atoms with Crippen LogP contribution in [0.25, 0.3) is 10.9 Å². The molecular weight excluding hydrogens is 412 g/mol. The van der Waals surface area contributed by atoms with Crippen LogP contribution in [-0.2, 0) is 11.3 Å². The maximum Gasteiger partial charge on any atom is 0.261 e. The minimum atomic E-state index is -0.232. The Balaban J connectivity index is 1.65. The first kappa shape index (κ1) is 18.8. The van der Waals surface area contributed by atoms with Crippen molar-refractivity contribution >= 4 is 44.3 Å². The van der Waals surface area contributed by atoms with Crippen molar-refractivity contribution in [3.8, 4) is 0 Å². The van der Waals surface area contributed by atoms with Gasteiger partial charge in [-0.1, -0.05) is 15.9 Å². The lowest BCUT2D eigenvalue weighted by Gasteiger charge is -2.08. The lowest BCUT2D eigenvalue weighted by atomic mass is 10.2. The van der Waals surface area contributed by atoms with Crippen LogP contribution in [0.5, 0.6) is 0 Å². The molecule has 0 unspecified atom stereocenters. The molecule has 0 fully saturated rings. The fourth-order valence-corrected chi connectivity index (χ4v) is 2.95. The first-order chi connectivity index (χ1) is 13.0. The van der Waals surface area contributed by atoms with Gasteiger partial charge in [0.1, 0.15) is 0 Å². The Hall–Kier alpha value is -3.00. The van der Waals surface area contributed by atoms with Crippen LogP contribution in [0, 0.1) is 0 Å². The van der Waals surface area contributed by atoms with Crippen LogP contribution in [0.3, 0.4) is 0 Å². The molecule has 3 rings (SSSR count). The Morgan fingerprint density at radius 1 is 1.15 bits per heavy atom. The number of aryl methyl sites for hydroxylation is 1. The highest BCUT2D eigenvalue weighted by Gasteiger charge is 2.08. The lowest BCUT2D eigenvalue weighted by molar-refractivity contribution is -0.116. The molecule has 8 heteroatoms. The Morgan fingerprint density at radius 2 is 1.89 bits per heavy atom. The number of fused-ring (bicyclic) bond motifs is 1. The first-order valence-corrected chi connectivity index (χ1v) is 9.04. The highest BCUT2D eigenvalue weighted by Crippen LogP contribution is 2.15. The number of nitrogens with one attached hydrogen (secondary N) is 2. The molecule has 0 saturated heterocycles. The van der Waals surface area contributed by atoms with Crippen molar-refractivity contribution in [1.29, 1.82) is 0 Å². The van der Waals surface area contributed by atoms with Crippen molar-refractivity contribution in [2.45, 2.75) is 13.0 Å². The summed E-state index contributed by atoms with van der Waals surface area (Å²) in [5, 5.41) is 5.78. The molecule has 2 amide bonds. The standard InChI is InChI=1S/C19H17BrN4O3/c1-21-18(26)12-2-5-14(6-3-12)23-17(25)8-9-24-11-22-16-7-4-13(20)10-15(16)19(24)27/h2-7,10-11H,8-9H2,1H3,(H,21,26)(H,23,25). The van der Waals surface area contributed by atoms with E-state index in [0.29, 0.717) is 22.2 Å². The van der Waals surface area contributed by atoms with Crippen LogP contribution < -0.4 is 16.2 Å². The average Bonchev–Trinajstić information content (AvgIpc) is 2.68. The predicted molar refractivity (Wildman–Crippen MR) is 107 cm³/mol. The Kier molecular flexibility index (Phi) is 5.66. The van der Waals surface area contributed by atoms with E-state index in [1.165, 1.54) is 10.9 Å². The fourth-order valence-electron chi connectivity index (χ4n) is 2.59. The van der Waals surface area contributed by atoms with Crippen molar-refractivity contribution in [2.24, 2.45) is 0 Å². The number of amides is 2. The van der Waals surface area contributed by atoms with Gasteiger partial charge in [0.25, 0.3) is 11.5 Å². The molecule has 0 bridgehead atoms. The quantitative estimate of drug-likeness (QED) is 0.652. The number of carbonyl (C=O) groups excluding carboxylic acids is 2. The minimum absolute atomic E-state index is 0.123. The van der Waals surface area contributed by atoms with E-state index in [9.17, 15) is 14.4 Å². The maximum atomic E-state index is 12.5. The summed E-state index contributed by atoms with van der Waals surface area (Å²) in [6, 6.07) is 11.9. The number of benzene rings is 2. The lowest BCUT2D eigenvalue weighted by Crippen LogP contribution is -2.23. The van der Waals surface area contributed by atoms with Gasteiger partial charge in [0.05, 0.1) is 17.2 Å². The van der Waals surface area contributed by atoms with Crippen molar-refractivity contribution < 1.29 is 9.59 Å². The van der Waals surface area contributed by atoms with Crippen LogP contribution >= 0.6 is 15.9 Å². The minimum Gasteiger partial charge on any atom is -0.355 e. The van der Waals surface area contributed by atoms with Gasteiger partial charge in [0.15, 0.2) is 0 Å². The summed E-state index contributed by atoms with van der Waals surface area (Å²) in [5.41, 5.74) is 1.51. The van der Waals surface area contributed by atoms with E-state index in [4.69, 9.17) is 0 Å². The first-order valence-electron chi connectivity index (χ1n) is 8.24. The fraction of sp³-hybridized carbons (Fsp3) is 0.158. The van der Waals surface area contributed by atoms with Gasteiger partial charge in [-0.05, 0) is 42.5 Å². The second-order valence-electron chi connectivity index (χ2n) is 5.86. The zero-order valence-electron chi connectivity index (χ0n) is 14.5. The molecule has 1 heterocycles. The average molecular weight is 429 g/mol. The molecule has 2 N–H and O–H groups in total. The van der Waals surface area contributed by atoms with Crippen LogP contribution in [0.15, 0.2) is 58.1 Å². The van der Waals surface area contributed by atoms with E-state index >= 15 is 0 Å². The number of aromatic nitrogens is 2. The van der Waals surface area contributed by atoms with Crippen LogP contribution in [0.4, 0.5) is 5.69 Å².